The van der Waals surface area contributed by atoms with Crippen LogP contribution in [0.15, 0.2) is 17.2 Å². The van der Waals surface area contributed by atoms with Gasteiger partial charge in [-0.1, -0.05) is 13.3 Å². The summed E-state index contributed by atoms with van der Waals surface area (Å²) < 4.78 is 5.66. The van der Waals surface area contributed by atoms with E-state index in [1.54, 1.807) is 6.07 Å². The summed E-state index contributed by atoms with van der Waals surface area (Å²) in [6.45, 7) is 2.05. The van der Waals surface area contributed by atoms with Crippen LogP contribution in [0.4, 0.5) is 0 Å². The number of aromatic amines is 1. The minimum absolute atomic E-state index is 0.147. The molecule has 0 atom stereocenters. The molecule has 0 aliphatic carbocycles. The number of nitrogens with zero attached hydrogens (tertiary/aromatic N) is 3. The van der Waals surface area contributed by atoms with E-state index in [0.29, 0.717) is 21.0 Å². The highest BCUT2D eigenvalue weighted by molar-refractivity contribution is 14.1. The first-order chi connectivity index (χ1) is 9.15. The molecule has 1 N–H and O–H groups in total. The number of aromatic nitrogens is 4. The average Bonchev–Trinajstić information content (AvgIpc) is 2.44. The van der Waals surface area contributed by atoms with Gasteiger partial charge in [-0.2, -0.15) is 0 Å². The first-order valence-corrected chi connectivity index (χ1v) is 6.88. The van der Waals surface area contributed by atoms with Crippen LogP contribution in [-0.2, 0) is 6.42 Å². The summed E-state index contributed by atoms with van der Waals surface area (Å²) in [6, 6.07) is 1.64. The Balaban J connectivity index is 2.52. The minimum atomic E-state index is -0.147. The van der Waals surface area contributed by atoms with Crippen molar-refractivity contribution in [2.45, 2.75) is 19.8 Å². The lowest BCUT2D eigenvalue weighted by Gasteiger charge is -2.06. The van der Waals surface area contributed by atoms with Crippen LogP contribution >= 0.6 is 22.6 Å². The molecule has 0 aliphatic heterocycles. The number of halogens is 1. The Labute approximate surface area is 123 Å². The van der Waals surface area contributed by atoms with Gasteiger partial charge in [0.25, 0.3) is 5.56 Å². The number of ether oxygens (including phenoxy) is 1. The fourth-order valence-corrected chi connectivity index (χ4v) is 2.13. The Morgan fingerprint density at radius 1 is 1.42 bits per heavy atom. The van der Waals surface area contributed by atoms with Gasteiger partial charge in [0.15, 0.2) is 5.82 Å². The van der Waals surface area contributed by atoms with Crippen molar-refractivity contribution < 1.29 is 4.74 Å². The van der Waals surface area contributed by atoms with Crippen LogP contribution in [0.2, 0.25) is 0 Å². The molecule has 2 rings (SSSR count). The van der Waals surface area contributed by atoms with Gasteiger partial charge in [0, 0.05) is 6.07 Å². The van der Waals surface area contributed by atoms with Crippen molar-refractivity contribution in [3.8, 4) is 17.4 Å². The van der Waals surface area contributed by atoms with E-state index in [9.17, 15) is 4.79 Å². The van der Waals surface area contributed by atoms with E-state index < -0.39 is 0 Å². The third-order valence-electron chi connectivity index (χ3n) is 2.51. The molecule has 0 radical (unpaired) electrons. The second-order valence-corrected chi connectivity index (χ2v) is 4.95. The molecule has 100 valence electrons. The quantitative estimate of drug-likeness (QED) is 0.828. The second-order valence-electron chi connectivity index (χ2n) is 3.87. The smallest absolute Gasteiger partial charge is 0.264 e. The minimum Gasteiger partial charge on any atom is -0.481 e. The molecule has 2 heterocycles. The summed E-state index contributed by atoms with van der Waals surface area (Å²) in [5.74, 6) is 0.873. The number of rotatable bonds is 4. The van der Waals surface area contributed by atoms with Crippen LogP contribution in [-0.4, -0.2) is 27.0 Å². The van der Waals surface area contributed by atoms with Crippen molar-refractivity contribution in [3.63, 3.8) is 0 Å². The van der Waals surface area contributed by atoms with Gasteiger partial charge in [-0.15, -0.1) is 0 Å². The predicted molar refractivity (Wildman–Crippen MR) is 79.1 cm³/mol. The molecule has 0 aromatic carbocycles. The Morgan fingerprint density at radius 3 is 2.89 bits per heavy atom. The first kappa shape index (κ1) is 13.9. The van der Waals surface area contributed by atoms with Crippen LogP contribution < -0.4 is 10.3 Å². The standard InChI is InChI=1S/C12H13IN4O2/c1-3-4-7-10(13)12(18)17-11(16-7)8-5-9(19-2)15-6-14-8/h5-6H,3-4H2,1-2H3,(H,16,17,18). The van der Waals surface area contributed by atoms with Gasteiger partial charge in [0.05, 0.1) is 16.4 Å². The van der Waals surface area contributed by atoms with Crippen LogP contribution in [0, 0.1) is 3.57 Å². The molecule has 6 nitrogen and oxygen atoms in total. The summed E-state index contributed by atoms with van der Waals surface area (Å²) in [5, 5.41) is 0. The molecular formula is C12H13IN4O2. The van der Waals surface area contributed by atoms with Gasteiger partial charge in [-0.05, 0) is 29.0 Å². The summed E-state index contributed by atoms with van der Waals surface area (Å²) in [6.07, 6.45) is 3.07. The van der Waals surface area contributed by atoms with Crippen LogP contribution in [0.1, 0.15) is 19.0 Å². The number of methoxy groups -OCH3 is 1. The highest BCUT2D eigenvalue weighted by atomic mass is 127. The van der Waals surface area contributed by atoms with Crippen molar-refractivity contribution in [2.24, 2.45) is 0 Å². The van der Waals surface area contributed by atoms with Gasteiger partial charge in [0.1, 0.15) is 12.0 Å². The lowest BCUT2D eigenvalue weighted by molar-refractivity contribution is 0.397. The largest absolute Gasteiger partial charge is 0.481 e. The number of hydrogen-bond acceptors (Lipinski definition) is 5. The molecule has 0 aliphatic rings. The van der Waals surface area contributed by atoms with Crippen molar-refractivity contribution in [1.29, 1.82) is 0 Å². The SMILES string of the molecule is CCCc1nc(-c2cc(OC)ncn2)[nH]c(=O)c1I. The maximum absolute atomic E-state index is 11.9. The molecular weight excluding hydrogens is 359 g/mol. The van der Waals surface area contributed by atoms with E-state index in [2.05, 4.69) is 19.9 Å². The van der Waals surface area contributed by atoms with Gasteiger partial charge < -0.3 is 9.72 Å². The first-order valence-electron chi connectivity index (χ1n) is 5.80. The fraction of sp³-hybridized carbons (Fsp3) is 0.333. The molecule has 0 amide bonds. The van der Waals surface area contributed by atoms with E-state index in [1.807, 2.05) is 29.5 Å². The zero-order valence-electron chi connectivity index (χ0n) is 10.6. The monoisotopic (exact) mass is 372 g/mol. The molecule has 0 bridgehead atoms. The predicted octanol–water partition coefficient (Wildman–Crippen LogP) is 1.79. The van der Waals surface area contributed by atoms with Crippen molar-refractivity contribution in [1.82, 2.24) is 19.9 Å². The summed E-state index contributed by atoms with van der Waals surface area (Å²) in [4.78, 5) is 27.1. The molecule has 2 aromatic heterocycles. The Morgan fingerprint density at radius 2 is 2.21 bits per heavy atom. The fourth-order valence-electron chi connectivity index (χ4n) is 1.61. The molecule has 2 aromatic rings. The second kappa shape index (κ2) is 6.09. The maximum atomic E-state index is 11.9. The molecule has 0 spiro atoms. The van der Waals surface area contributed by atoms with Crippen LogP contribution in [0.5, 0.6) is 5.88 Å². The summed E-state index contributed by atoms with van der Waals surface area (Å²) in [5.41, 5.74) is 1.18. The number of aryl methyl sites for hydroxylation is 1. The Bertz CT molecular complexity index is 642. The van der Waals surface area contributed by atoms with Crippen molar-refractivity contribution in [3.05, 3.63) is 32.0 Å². The van der Waals surface area contributed by atoms with Gasteiger partial charge in [-0.25, -0.2) is 15.0 Å². The van der Waals surface area contributed by atoms with E-state index in [4.69, 9.17) is 4.74 Å². The lowest BCUT2D eigenvalue weighted by Crippen LogP contribution is -2.16. The summed E-state index contributed by atoms with van der Waals surface area (Å²) >= 11 is 2.01. The average molecular weight is 372 g/mol. The van der Waals surface area contributed by atoms with Gasteiger partial charge in [0.2, 0.25) is 5.88 Å². The number of hydrogen-bond donors (Lipinski definition) is 1. The number of H-pyrrole nitrogens is 1. The van der Waals surface area contributed by atoms with Crippen LogP contribution in [0.3, 0.4) is 0 Å². The van der Waals surface area contributed by atoms with Crippen molar-refractivity contribution >= 4 is 22.6 Å². The molecule has 0 unspecified atom stereocenters. The van der Waals surface area contributed by atoms with E-state index >= 15 is 0 Å². The number of nitrogens with one attached hydrogen (secondary N) is 1. The zero-order chi connectivity index (χ0) is 13.8. The topological polar surface area (TPSA) is 80.8 Å². The molecule has 0 saturated carbocycles. The molecule has 0 fully saturated rings. The zero-order valence-corrected chi connectivity index (χ0v) is 12.8. The lowest BCUT2D eigenvalue weighted by atomic mass is 10.2. The normalized spacial score (nSPS) is 10.5. The third kappa shape index (κ3) is 3.09. The van der Waals surface area contributed by atoms with E-state index in [-0.39, 0.29) is 5.56 Å². The highest BCUT2D eigenvalue weighted by Crippen LogP contribution is 2.16. The molecule has 19 heavy (non-hydrogen) atoms. The summed E-state index contributed by atoms with van der Waals surface area (Å²) in [7, 11) is 1.53. The van der Waals surface area contributed by atoms with E-state index in [1.165, 1.54) is 13.4 Å². The molecule has 0 saturated heterocycles. The van der Waals surface area contributed by atoms with Gasteiger partial charge in [-0.3, -0.25) is 4.79 Å². The molecule has 7 heteroatoms. The van der Waals surface area contributed by atoms with Gasteiger partial charge >= 0.3 is 0 Å². The highest BCUT2D eigenvalue weighted by Gasteiger charge is 2.11. The Hall–Kier alpha value is -1.51. The van der Waals surface area contributed by atoms with Crippen molar-refractivity contribution in [2.75, 3.05) is 7.11 Å². The van der Waals surface area contributed by atoms with Crippen LogP contribution in [0.25, 0.3) is 11.5 Å². The maximum Gasteiger partial charge on any atom is 0.264 e. The third-order valence-corrected chi connectivity index (χ3v) is 3.62. The Kier molecular flexibility index (Phi) is 4.46. The van der Waals surface area contributed by atoms with E-state index in [0.717, 1.165) is 18.5 Å².